The van der Waals surface area contributed by atoms with Crippen LogP contribution in [-0.2, 0) is 11.3 Å². The fourth-order valence-electron chi connectivity index (χ4n) is 1.54. The number of nitrogens with one attached hydrogen (secondary N) is 1. The van der Waals surface area contributed by atoms with Crippen molar-refractivity contribution in [3.8, 4) is 0 Å². The van der Waals surface area contributed by atoms with Crippen molar-refractivity contribution >= 4 is 12.0 Å². The van der Waals surface area contributed by atoms with Gasteiger partial charge in [0.2, 0.25) is 5.91 Å². The van der Waals surface area contributed by atoms with Gasteiger partial charge < -0.3 is 5.32 Å². The van der Waals surface area contributed by atoms with Crippen LogP contribution in [0.2, 0.25) is 0 Å². The minimum Gasteiger partial charge on any atom is -0.348 e. The van der Waals surface area contributed by atoms with E-state index in [1.807, 2.05) is 0 Å². The Kier molecular flexibility index (Phi) is 4.39. The normalized spacial score (nSPS) is 10.6. The molecule has 0 bridgehead atoms. The molecular weight excluding hydrogens is 243 g/mol. The summed E-state index contributed by atoms with van der Waals surface area (Å²) >= 11 is 0. The van der Waals surface area contributed by atoms with E-state index in [9.17, 15) is 9.18 Å². The molecule has 0 aliphatic rings. The first kappa shape index (κ1) is 13.0. The predicted octanol–water partition coefficient (Wildman–Crippen LogP) is 2.55. The largest absolute Gasteiger partial charge is 0.348 e. The van der Waals surface area contributed by atoms with Crippen LogP contribution < -0.4 is 5.32 Å². The summed E-state index contributed by atoms with van der Waals surface area (Å²) in [7, 11) is 0. The quantitative estimate of drug-likeness (QED) is 0.854. The number of rotatable bonds is 4. The third kappa shape index (κ3) is 4.35. The molecule has 0 aliphatic heterocycles. The number of amides is 1. The van der Waals surface area contributed by atoms with Crippen LogP contribution in [0.1, 0.15) is 11.1 Å². The summed E-state index contributed by atoms with van der Waals surface area (Å²) in [5.41, 5.74) is 1.63. The highest BCUT2D eigenvalue weighted by atomic mass is 19.1. The monoisotopic (exact) mass is 256 g/mol. The molecule has 96 valence electrons. The van der Waals surface area contributed by atoms with Crippen molar-refractivity contribution in [1.29, 1.82) is 0 Å². The Morgan fingerprint density at radius 3 is 2.79 bits per heavy atom. The van der Waals surface area contributed by atoms with E-state index in [1.54, 1.807) is 42.7 Å². The van der Waals surface area contributed by atoms with Gasteiger partial charge in [0.25, 0.3) is 0 Å². The summed E-state index contributed by atoms with van der Waals surface area (Å²) in [5.74, 6) is -0.528. The number of carbonyl (C=O) groups is 1. The smallest absolute Gasteiger partial charge is 0.244 e. The highest BCUT2D eigenvalue weighted by molar-refractivity contribution is 5.91. The second-order valence-corrected chi connectivity index (χ2v) is 3.96. The zero-order valence-corrected chi connectivity index (χ0v) is 10.2. The van der Waals surface area contributed by atoms with E-state index >= 15 is 0 Å². The third-order valence-electron chi connectivity index (χ3n) is 2.49. The molecule has 1 heterocycles. The minimum atomic E-state index is -0.306. The van der Waals surface area contributed by atoms with Gasteiger partial charge in [-0.2, -0.15) is 0 Å². The fraction of sp³-hybridized carbons (Fsp3) is 0.0667. The van der Waals surface area contributed by atoms with Crippen LogP contribution in [0.15, 0.2) is 54.9 Å². The van der Waals surface area contributed by atoms with Gasteiger partial charge in [-0.25, -0.2) is 4.39 Å². The van der Waals surface area contributed by atoms with E-state index < -0.39 is 0 Å². The van der Waals surface area contributed by atoms with Gasteiger partial charge in [-0.1, -0.05) is 12.1 Å². The molecular formula is C15H13FN2O. The number of nitrogens with zero attached hydrogens (tertiary/aromatic N) is 1. The molecule has 1 aromatic heterocycles. The third-order valence-corrected chi connectivity index (χ3v) is 2.49. The van der Waals surface area contributed by atoms with Crippen molar-refractivity contribution in [3.63, 3.8) is 0 Å². The fourth-order valence-corrected chi connectivity index (χ4v) is 1.54. The maximum atomic E-state index is 12.9. The Morgan fingerprint density at radius 1 is 1.26 bits per heavy atom. The number of hydrogen-bond donors (Lipinski definition) is 1. The average molecular weight is 256 g/mol. The zero-order valence-electron chi connectivity index (χ0n) is 10.2. The molecule has 4 heteroatoms. The van der Waals surface area contributed by atoms with E-state index in [0.29, 0.717) is 6.54 Å². The van der Waals surface area contributed by atoms with E-state index in [1.165, 1.54) is 18.2 Å². The van der Waals surface area contributed by atoms with Crippen LogP contribution in [0.5, 0.6) is 0 Å². The summed E-state index contributed by atoms with van der Waals surface area (Å²) in [6, 6.07) is 9.74. The molecule has 0 radical (unpaired) electrons. The van der Waals surface area contributed by atoms with Gasteiger partial charge in [0.15, 0.2) is 0 Å². The zero-order chi connectivity index (χ0) is 13.5. The Bertz CT molecular complexity index is 582. The van der Waals surface area contributed by atoms with Gasteiger partial charge >= 0.3 is 0 Å². The number of pyridine rings is 1. The standard InChI is InChI=1S/C15H13FN2O/c16-14-3-1-2-13(10-14)11-18-15(19)5-4-12-6-8-17-9-7-12/h1-10H,11H2,(H,18,19)/b5-4+. The van der Waals surface area contributed by atoms with Gasteiger partial charge in [-0.05, 0) is 41.5 Å². The average Bonchev–Trinajstić information content (AvgIpc) is 2.44. The highest BCUT2D eigenvalue weighted by Crippen LogP contribution is 2.03. The molecule has 1 aromatic carbocycles. The van der Waals surface area contributed by atoms with Gasteiger partial charge in [0.1, 0.15) is 5.82 Å². The van der Waals surface area contributed by atoms with Crippen LogP contribution in [0.4, 0.5) is 4.39 Å². The second kappa shape index (κ2) is 6.44. The maximum absolute atomic E-state index is 12.9. The first-order valence-corrected chi connectivity index (χ1v) is 5.84. The molecule has 19 heavy (non-hydrogen) atoms. The lowest BCUT2D eigenvalue weighted by Crippen LogP contribution is -2.20. The summed E-state index contributed by atoms with van der Waals surface area (Å²) in [4.78, 5) is 15.5. The van der Waals surface area contributed by atoms with E-state index in [2.05, 4.69) is 10.3 Å². The Balaban J connectivity index is 1.87. The summed E-state index contributed by atoms with van der Waals surface area (Å²) < 4.78 is 12.9. The summed E-state index contributed by atoms with van der Waals surface area (Å²) in [5, 5.41) is 2.69. The SMILES string of the molecule is O=C(/C=C/c1ccncc1)NCc1cccc(F)c1. The molecule has 0 saturated heterocycles. The Morgan fingerprint density at radius 2 is 2.05 bits per heavy atom. The molecule has 0 aliphatic carbocycles. The molecule has 2 aromatic rings. The number of benzene rings is 1. The number of aromatic nitrogens is 1. The first-order valence-electron chi connectivity index (χ1n) is 5.84. The van der Waals surface area contributed by atoms with Crippen molar-refractivity contribution in [1.82, 2.24) is 10.3 Å². The van der Waals surface area contributed by atoms with Crippen molar-refractivity contribution < 1.29 is 9.18 Å². The molecule has 0 unspecified atom stereocenters. The molecule has 0 spiro atoms. The van der Waals surface area contributed by atoms with Crippen molar-refractivity contribution in [2.75, 3.05) is 0 Å². The van der Waals surface area contributed by atoms with Crippen molar-refractivity contribution in [2.45, 2.75) is 6.54 Å². The van der Waals surface area contributed by atoms with Gasteiger partial charge in [0, 0.05) is 25.0 Å². The second-order valence-electron chi connectivity index (χ2n) is 3.96. The van der Waals surface area contributed by atoms with Gasteiger partial charge in [-0.3, -0.25) is 9.78 Å². The van der Waals surface area contributed by atoms with Crippen LogP contribution in [0.25, 0.3) is 6.08 Å². The van der Waals surface area contributed by atoms with Crippen molar-refractivity contribution in [3.05, 3.63) is 71.8 Å². The molecule has 0 atom stereocenters. The summed E-state index contributed by atoms with van der Waals surface area (Å²) in [6.45, 7) is 0.303. The predicted molar refractivity (Wildman–Crippen MR) is 71.5 cm³/mol. The molecule has 0 fully saturated rings. The van der Waals surface area contributed by atoms with E-state index in [4.69, 9.17) is 0 Å². The van der Waals surface area contributed by atoms with Crippen LogP contribution >= 0.6 is 0 Å². The van der Waals surface area contributed by atoms with Crippen LogP contribution in [-0.4, -0.2) is 10.9 Å². The van der Waals surface area contributed by atoms with Crippen molar-refractivity contribution in [2.24, 2.45) is 0 Å². The van der Waals surface area contributed by atoms with Gasteiger partial charge in [-0.15, -0.1) is 0 Å². The van der Waals surface area contributed by atoms with Crippen LogP contribution in [0.3, 0.4) is 0 Å². The first-order chi connectivity index (χ1) is 9.24. The lowest BCUT2D eigenvalue weighted by atomic mass is 10.2. The maximum Gasteiger partial charge on any atom is 0.244 e. The van der Waals surface area contributed by atoms with Crippen LogP contribution in [0, 0.1) is 5.82 Å². The highest BCUT2D eigenvalue weighted by Gasteiger charge is 1.98. The number of hydrogen-bond acceptors (Lipinski definition) is 2. The molecule has 3 nitrogen and oxygen atoms in total. The lowest BCUT2D eigenvalue weighted by molar-refractivity contribution is -0.116. The van der Waals surface area contributed by atoms with Gasteiger partial charge in [0.05, 0.1) is 0 Å². The Hall–Kier alpha value is -2.49. The van der Waals surface area contributed by atoms with E-state index in [-0.39, 0.29) is 11.7 Å². The molecule has 1 N–H and O–H groups in total. The van der Waals surface area contributed by atoms with E-state index in [0.717, 1.165) is 11.1 Å². The topological polar surface area (TPSA) is 42.0 Å². The number of carbonyl (C=O) groups excluding carboxylic acids is 1. The number of halogens is 1. The summed E-state index contributed by atoms with van der Waals surface area (Å²) in [6.07, 6.45) is 6.45. The minimum absolute atomic E-state index is 0.221. The Labute approximate surface area is 110 Å². The molecule has 2 rings (SSSR count). The molecule has 1 amide bonds. The molecule has 0 saturated carbocycles. The lowest BCUT2D eigenvalue weighted by Gasteiger charge is -2.02.